The minimum absolute atomic E-state index is 0.591. The molecule has 1 aromatic carbocycles. The van der Waals surface area contributed by atoms with Crippen LogP contribution in [0.2, 0.25) is 0 Å². The molecule has 0 saturated carbocycles. The molecule has 0 aliphatic heterocycles. The van der Waals surface area contributed by atoms with E-state index in [1.54, 1.807) is 6.20 Å². The quantitative estimate of drug-likeness (QED) is 0.819. The summed E-state index contributed by atoms with van der Waals surface area (Å²) in [6, 6.07) is 5.71. The summed E-state index contributed by atoms with van der Waals surface area (Å²) in [5.41, 5.74) is 0. The van der Waals surface area contributed by atoms with Crippen molar-refractivity contribution >= 4 is 43.2 Å². The van der Waals surface area contributed by atoms with Gasteiger partial charge in [-0.25, -0.2) is 4.98 Å². The van der Waals surface area contributed by atoms with Gasteiger partial charge in [0.15, 0.2) is 0 Å². The fraction of sp³-hybridized carbons (Fsp3) is 0. The molecule has 5 heteroatoms. The maximum atomic E-state index is 5.51. The average molecular weight is 334 g/mol. The van der Waals surface area contributed by atoms with Crippen molar-refractivity contribution < 1.29 is 4.74 Å². The van der Waals surface area contributed by atoms with Crippen molar-refractivity contribution in [2.45, 2.75) is 0 Å². The molecule has 1 aromatic heterocycles. The van der Waals surface area contributed by atoms with E-state index in [1.807, 2.05) is 18.2 Å². The van der Waals surface area contributed by atoms with Crippen LogP contribution in [0.15, 0.2) is 33.3 Å². The molecule has 0 spiro atoms. The Kier molecular flexibility index (Phi) is 3.20. The van der Waals surface area contributed by atoms with Crippen LogP contribution in [0.25, 0.3) is 0 Å². The van der Waals surface area contributed by atoms with Crippen LogP contribution in [-0.4, -0.2) is 4.98 Å². The fourth-order valence-corrected chi connectivity index (χ4v) is 2.45. The number of halogens is 2. The SMILES string of the molecule is Brc1ccc(Oc2nc[c]s2)c(Br)c1. The summed E-state index contributed by atoms with van der Waals surface area (Å²) in [6.45, 7) is 0. The number of ether oxygens (including phenoxy) is 1. The topological polar surface area (TPSA) is 22.1 Å². The van der Waals surface area contributed by atoms with E-state index >= 15 is 0 Å². The van der Waals surface area contributed by atoms with Gasteiger partial charge in [-0.2, -0.15) is 0 Å². The lowest BCUT2D eigenvalue weighted by molar-refractivity contribution is 0.476. The van der Waals surface area contributed by atoms with Crippen LogP contribution in [0.5, 0.6) is 10.9 Å². The first kappa shape index (κ1) is 10.1. The van der Waals surface area contributed by atoms with Gasteiger partial charge < -0.3 is 4.74 Å². The molecule has 1 radical (unpaired) electrons. The second-order valence-electron chi connectivity index (χ2n) is 2.42. The van der Waals surface area contributed by atoms with E-state index in [9.17, 15) is 0 Å². The van der Waals surface area contributed by atoms with Gasteiger partial charge in [0.25, 0.3) is 5.19 Å². The summed E-state index contributed by atoms with van der Waals surface area (Å²) < 4.78 is 7.41. The van der Waals surface area contributed by atoms with E-state index in [-0.39, 0.29) is 0 Å². The molecule has 2 nitrogen and oxygen atoms in total. The fourth-order valence-electron chi connectivity index (χ4n) is 0.881. The Bertz CT molecular complexity index is 430. The molecule has 0 fully saturated rings. The molecule has 14 heavy (non-hydrogen) atoms. The predicted molar refractivity (Wildman–Crippen MR) is 62.9 cm³/mol. The number of rotatable bonds is 2. The summed E-state index contributed by atoms with van der Waals surface area (Å²) in [7, 11) is 0. The first-order valence-electron chi connectivity index (χ1n) is 3.70. The van der Waals surface area contributed by atoms with E-state index in [0.29, 0.717) is 5.19 Å². The molecule has 0 atom stereocenters. The number of hydrogen-bond acceptors (Lipinski definition) is 3. The van der Waals surface area contributed by atoms with Crippen LogP contribution in [-0.2, 0) is 0 Å². The van der Waals surface area contributed by atoms with Crippen LogP contribution in [0.1, 0.15) is 0 Å². The van der Waals surface area contributed by atoms with E-state index in [2.05, 4.69) is 42.2 Å². The van der Waals surface area contributed by atoms with Crippen molar-refractivity contribution in [3.8, 4) is 10.9 Å². The van der Waals surface area contributed by atoms with Gasteiger partial charge in [-0.3, -0.25) is 0 Å². The smallest absolute Gasteiger partial charge is 0.279 e. The van der Waals surface area contributed by atoms with Crippen molar-refractivity contribution in [2.75, 3.05) is 0 Å². The Labute approximate surface area is 102 Å². The molecule has 2 aromatic rings. The van der Waals surface area contributed by atoms with E-state index in [1.165, 1.54) is 11.3 Å². The Morgan fingerprint density at radius 3 is 2.86 bits per heavy atom. The number of thiazole rings is 1. The van der Waals surface area contributed by atoms with Gasteiger partial charge in [0.05, 0.1) is 16.0 Å². The molecule has 2 rings (SSSR count). The molecule has 0 aliphatic rings. The Morgan fingerprint density at radius 1 is 1.36 bits per heavy atom. The van der Waals surface area contributed by atoms with Crippen LogP contribution in [0.4, 0.5) is 0 Å². The highest BCUT2D eigenvalue weighted by atomic mass is 79.9. The Hall–Kier alpha value is -0.390. The van der Waals surface area contributed by atoms with E-state index < -0.39 is 0 Å². The van der Waals surface area contributed by atoms with Crippen molar-refractivity contribution in [2.24, 2.45) is 0 Å². The summed E-state index contributed by atoms with van der Waals surface area (Å²) in [4.78, 5) is 3.98. The van der Waals surface area contributed by atoms with Crippen LogP contribution >= 0.6 is 43.2 Å². The maximum Gasteiger partial charge on any atom is 0.279 e. The van der Waals surface area contributed by atoms with Crippen LogP contribution in [0, 0.1) is 5.38 Å². The van der Waals surface area contributed by atoms with Crippen molar-refractivity contribution in [3.05, 3.63) is 38.7 Å². The minimum atomic E-state index is 0.591. The third-order valence-corrected chi connectivity index (χ3v) is 3.16. The first-order chi connectivity index (χ1) is 6.75. The molecule has 0 saturated heterocycles. The summed E-state index contributed by atoms with van der Waals surface area (Å²) in [6.07, 6.45) is 1.59. The molecule has 0 bridgehead atoms. The van der Waals surface area contributed by atoms with Crippen LogP contribution in [0.3, 0.4) is 0 Å². The maximum absolute atomic E-state index is 5.51. The highest BCUT2D eigenvalue weighted by Crippen LogP contribution is 2.32. The summed E-state index contributed by atoms with van der Waals surface area (Å²) in [5, 5.41) is 3.45. The molecule has 0 aliphatic carbocycles. The van der Waals surface area contributed by atoms with Gasteiger partial charge in [-0.05, 0) is 34.1 Å². The first-order valence-corrected chi connectivity index (χ1v) is 6.11. The van der Waals surface area contributed by atoms with Crippen LogP contribution < -0.4 is 4.74 Å². The second-order valence-corrected chi connectivity index (χ2v) is 4.98. The zero-order valence-corrected chi connectivity index (χ0v) is 10.8. The molecule has 1 heterocycles. The molecule has 0 N–H and O–H groups in total. The lowest BCUT2D eigenvalue weighted by Crippen LogP contribution is -1.83. The van der Waals surface area contributed by atoms with Crippen molar-refractivity contribution in [3.63, 3.8) is 0 Å². The highest BCUT2D eigenvalue weighted by Gasteiger charge is 2.04. The lowest BCUT2D eigenvalue weighted by Gasteiger charge is -2.03. The summed E-state index contributed by atoms with van der Waals surface area (Å²) in [5.74, 6) is 0.747. The molecular weight excluding hydrogens is 330 g/mol. The molecular formula is C9H4Br2NOS. The third-order valence-electron chi connectivity index (χ3n) is 1.46. The van der Waals surface area contributed by atoms with Gasteiger partial charge in [0.2, 0.25) is 0 Å². The minimum Gasteiger partial charge on any atom is -0.430 e. The third kappa shape index (κ3) is 2.34. The summed E-state index contributed by atoms with van der Waals surface area (Å²) >= 11 is 8.11. The van der Waals surface area contributed by atoms with Crippen molar-refractivity contribution in [1.29, 1.82) is 0 Å². The standard InChI is InChI=1S/C9H4Br2NOS/c10-6-1-2-8(7(11)5-6)13-9-12-3-4-14-9/h1-3,5H. The number of benzene rings is 1. The normalized spacial score (nSPS) is 10.1. The number of hydrogen-bond donors (Lipinski definition) is 0. The van der Waals surface area contributed by atoms with Crippen molar-refractivity contribution in [1.82, 2.24) is 4.98 Å². The zero-order chi connectivity index (χ0) is 9.97. The van der Waals surface area contributed by atoms with E-state index in [4.69, 9.17) is 4.74 Å². The van der Waals surface area contributed by atoms with Gasteiger partial charge in [-0.15, -0.1) is 0 Å². The highest BCUT2D eigenvalue weighted by molar-refractivity contribution is 9.11. The van der Waals surface area contributed by atoms with Gasteiger partial charge >= 0.3 is 0 Å². The monoisotopic (exact) mass is 332 g/mol. The number of nitrogens with zero attached hydrogens (tertiary/aromatic N) is 1. The van der Waals surface area contributed by atoms with Gasteiger partial charge in [-0.1, -0.05) is 27.3 Å². The van der Waals surface area contributed by atoms with Gasteiger partial charge in [0, 0.05) is 4.47 Å². The molecule has 71 valence electrons. The average Bonchev–Trinajstić information content (AvgIpc) is 2.62. The molecule has 0 unspecified atom stereocenters. The zero-order valence-electron chi connectivity index (χ0n) is 6.83. The predicted octanol–water partition coefficient (Wildman–Crippen LogP) is 4.26. The van der Waals surface area contributed by atoms with E-state index in [0.717, 1.165) is 14.7 Å². The van der Waals surface area contributed by atoms with Gasteiger partial charge in [0.1, 0.15) is 5.75 Å². The molecule has 0 amide bonds. The number of aromatic nitrogens is 1. The Balaban J connectivity index is 2.25. The largest absolute Gasteiger partial charge is 0.430 e. The Morgan fingerprint density at radius 2 is 2.21 bits per heavy atom. The second kappa shape index (κ2) is 4.42. The lowest BCUT2D eigenvalue weighted by atomic mass is 10.3.